The summed E-state index contributed by atoms with van der Waals surface area (Å²) in [6.45, 7) is 6.12. The maximum absolute atomic E-state index is 14.4. The Morgan fingerprint density at radius 2 is 1.78 bits per heavy atom. The summed E-state index contributed by atoms with van der Waals surface area (Å²) < 4.78 is 70.3. The average molecular weight is 710 g/mol. The maximum Gasteiger partial charge on any atom is 0.433 e. The number of nitrogens with zero attached hydrogens (tertiary/aromatic N) is 2. The smallest absolute Gasteiger partial charge is 0.433 e. The Morgan fingerprint density at radius 3 is 2.40 bits per heavy atom. The summed E-state index contributed by atoms with van der Waals surface area (Å²) in [5.41, 5.74) is -3.58. The number of nitrogens with one attached hydrogen (secondary N) is 1. The standard InChI is InChI=1S/C34H42F3N3O10/c1-6-47-32(42)30-29(28(33(43)50-20(2)3)21(4)39-31(30)34(35,36)37)24-17-22(40(44)45)13-14-25(24)48-16-10-9-15-38-18-23(41)19-49-27-12-8-7-11-26(27)46-5/h7-8,11-14,17,20,23,28-29,38,41H,6,9-10,15-16,18-19H2,1-5H3. The van der Waals surface area contributed by atoms with E-state index in [1.165, 1.54) is 27.0 Å². The number of methoxy groups -OCH3 is 1. The van der Waals surface area contributed by atoms with E-state index in [-0.39, 0.29) is 43.4 Å². The molecule has 1 aliphatic rings. The molecule has 274 valence electrons. The molecule has 0 aliphatic carbocycles. The molecule has 0 saturated heterocycles. The SMILES string of the molecule is CCOC(=O)C1=C(C(F)(F)F)N=C(C)C(C(=O)OC(C)C)C1c1cc([N+](=O)[O-])ccc1OCCCCNCC(O)COc1ccccc1OC. The number of aliphatic imine (C=N–C) groups is 1. The Kier molecular flexibility index (Phi) is 14.6. The molecular formula is C34H42F3N3O10. The van der Waals surface area contributed by atoms with E-state index in [4.69, 9.17) is 23.7 Å². The Bertz CT molecular complexity index is 1560. The number of nitro groups is 1. The van der Waals surface area contributed by atoms with Crippen LogP contribution in [-0.2, 0) is 19.1 Å². The molecule has 3 rings (SSSR count). The summed E-state index contributed by atoms with van der Waals surface area (Å²) in [5.74, 6) is -4.71. The predicted molar refractivity (Wildman–Crippen MR) is 175 cm³/mol. The van der Waals surface area contributed by atoms with Crippen LogP contribution in [0.4, 0.5) is 18.9 Å². The molecule has 0 saturated carbocycles. The molecule has 50 heavy (non-hydrogen) atoms. The van der Waals surface area contributed by atoms with Crippen LogP contribution in [0.3, 0.4) is 0 Å². The number of allylic oxidation sites excluding steroid dienone is 1. The van der Waals surface area contributed by atoms with Gasteiger partial charge in [0.15, 0.2) is 17.2 Å². The van der Waals surface area contributed by atoms with Crippen molar-refractivity contribution in [1.29, 1.82) is 0 Å². The van der Waals surface area contributed by atoms with Crippen molar-refractivity contribution in [1.82, 2.24) is 5.32 Å². The maximum atomic E-state index is 14.4. The second kappa shape index (κ2) is 18.3. The number of para-hydroxylation sites is 2. The van der Waals surface area contributed by atoms with Crippen LogP contribution in [-0.4, -0.2) is 86.1 Å². The Morgan fingerprint density at radius 1 is 1.08 bits per heavy atom. The molecule has 0 radical (unpaired) electrons. The number of rotatable bonds is 18. The van der Waals surface area contributed by atoms with Crippen LogP contribution in [0.2, 0.25) is 0 Å². The van der Waals surface area contributed by atoms with Gasteiger partial charge in [0, 0.05) is 35.9 Å². The topological polar surface area (TPSA) is 168 Å². The van der Waals surface area contributed by atoms with E-state index in [2.05, 4.69) is 10.3 Å². The molecule has 2 aromatic rings. The summed E-state index contributed by atoms with van der Waals surface area (Å²) >= 11 is 0. The second-order valence-corrected chi connectivity index (χ2v) is 11.5. The quantitative estimate of drug-likeness (QED) is 0.0892. The first-order chi connectivity index (χ1) is 23.7. The number of alkyl halides is 3. The van der Waals surface area contributed by atoms with Gasteiger partial charge in [0.2, 0.25) is 0 Å². The van der Waals surface area contributed by atoms with Crippen LogP contribution >= 0.6 is 0 Å². The van der Waals surface area contributed by atoms with Crippen molar-refractivity contribution in [3.8, 4) is 17.2 Å². The van der Waals surface area contributed by atoms with Crippen molar-refractivity contribution in [3.05, 3.63) is 69.4 Å². The highest BCUT2D eigenvalue weighted by molar-refractivity contribution is 6.07. The van der Waals surface area contributed by atoms with E-state index in [9.17, 15) is 38.0 Å². The monoisotopic (exact) mass is 709 g/mol. The minimum atomic E-state index is -5.14. The number of halogens is 3. The van der Waals surface area contributed by atoms with Crippen LogP contribution in [0.25, 0.3) is 0 Å². The zero-order valence-corrected chi connectivity index (χ0v) is 28.5. The lowest BCUT2D eigenvalue weighted by atomic mass is 9.75. The van der Waals surface area contributed by atoms with Gasteiger partial charge < -0.3 is 34.1 Å². The Hall–Kier alpha value is -4.70. The summed E-state index contributed by atoms with van der Waals surface area (Å²) in [6.07, 6.45) is -5.66. The normalized spacial score (nSPS) is 16.8. The van der Waals surface area contributed by atoms with E-state index < -0.39 is 64.0 Å². The Balaban J connectivity index is 1.81. The average Bonchev–Trinajstić information content (AvgIpc) is 3.05. The third-order valence-corrected chi connectivity index (χ3v) is 7.43. The zero-order valence-electron chi connectivity index (χ0n) is 28.5. The number of nitro benzene ring substituents is 1. The number of esters is 2. The number of hydrogen-bond donors (Lipinski definition) is 2. The first-order valence-electron chi connectivity index (χ1n) is 16.0. The first kappa shape index (κ1) is 39.7. The molecule has 1 heterocycles. The fourth-order valence-corrected chi connectivity index (χ4v) is 5.27. The van der Waals surface area contributed by atoms with E-state index in [0.717, 1.165) is 12.1 Å². The lowest BCUT2D eigenvalue weighted by Gasteiger charge is -2.33. The molecule has 2 N–H and O–H groups in total. The third-order valence-electron chi connectivity index (χ3n) is 7.43. The summed E-state index contributed by atoms with van der Waals surface area (Å²) in [7, 11) is 1.51. The highest BCUT2D eigenvalue weighted by Gasteiger charge is 2.51. The van der Waals surface area contributed by atoms with Crippen LogP contribution in [0.1, 0.15) is 52.0 Å². The van der Waals surface area contributed by atoms with Crippen LogP contribution in [0.5, 0.6) is 17.2 Å². The predicted octanol–water partition coefficient (Wildman–Crippen LogP) is 5.30. The molecule has 3 unspecified atom stereocenters. The minimum absolute atomic E-state index is 0.0226. The number of hydrogen-bond acceptors (Lipinski definition) is 12. The third kappa shape index (κ3) is 10.6. The van der Waals surface area contributed by atoms with Gasteiger partial charge in [0.1, 0.15) is 24.4 Å². The molecule has 2 aromatic carbocycles. The van der Waals surface area contributed by atoms with Gasteiger partial charge in [-0.05, 0) is 65.3 Å². The van der Waals surface area contributed by atoms with Crippen molar-refractivity contribution in [3.63, 3.8) is 0 Å². The highest BCUT2D eigenvalue weighted by atomic mass is 19.4. The van der Waals surface area contributed by atoms with E-state index >= 15 is 0 Å². The molecule has 0 fully saturated rings. The van der Waals surface area contributed by atoms with Crippen molar-refractivity contribution >= 4 is 23.3 Å². The number of carbonyl (C=O) groups is 2. The van der Waals surface area contributed by atoms with Gasteiger partial charge in [0.05, 0.1) is 36.9 Å². The molecule has 0 spiro atoms. The van der Waals surface area contributed by atoms with Gasteiger partial charge in [-0.25, -0.2) is 4.79 Å². The summed E-state index contributed by atoms with van der Waals surface area (Å²) in [4.78, 5) is 41.3. The van der Waals surface area contributed by atoms with Crippen LogP contribution in [0, 0.1) is 16.0 Å². The van der Waals surface area contributed by atoms with Gasteiger partial charge in [-0.3, -0.25) is 19.9 Å². The molecular weight excluding hydrogens is 667 g/mol. The number of aliphatic hydroxyl groups is 1. The fraction of sp³-hybridized carbons (Fsp3) is 0.500. The van der Waals surface area contributed by atoms with E-state index in [1.807, 2.05) is 0 Å². The molecule has 0 aromatic heterocycles. The van der Waals surface area contributed by atoms with Crippen molar-refractivity contribution in [2.24, 2.45) is 10.9 Å². The second-order valence-electron chi connectivity index (χ2n) is 11.5. The van der Waals surface area contributed by atoms with Crippen molar-refractivity contribution < 1.29 is 56.5 Å². The highest BCUT2D eigenvalue weighted by Crippen LogP contribution is 2.48. The molecule has 0 amide bonds. The van der Waals surface area contributed by atoms with E-state index in [1.54, 1.807) is 38.1 Å². The lowest BCUT2D eigenvalue weighted by Crippen LogP contribution is -2.39. The molecule has 0 bridgehead atoms. The number of unbranched alkanes of at least 4 members (excludes halogenated alkanes) is 1. The first-order valence-corrected chi connectivity index (χ1v) is 16.0. The number of carbonyl (C=O) groups excluding carboxylic acids is 2. The van der Waals surface area contributed by atoms with E-state index in [0.29, 0.717) is 30.9 Å². The van der Waals surface area contributed by atoms with Crippen molar-refractivity contribution in [2.45, 2.75) is 64.8 Å². The molecule has 3 atom stereocenters. The van der Waals surface area contributed by atoms with Crippen molar-refractivity contribution in [2.75, 3.05) is 40.0 Å². The molecule has 13 nitrogen and oxygen atoms in total. The summed E-state index contributed by atoms with van der Waals surface area (Å²) in [6, 6.07) is 10.3. The van der Waals surface area contributed by atoms with Gasteiger partial charge >= 0.3 is 18.1 Å². The molecule has 1 aliphatic heterocycles. The summed E-state index contributed by atoms with van der Waals surface area (Å²) in [5, 5.41) is 25.2. The largest absolute Gasteiger partial charge is 0.493 e. The number of non-ortho nitro benzene ring substituents is 1. The minimum Gasteiger partial charge on any atom is -0.493 e. The number of ether oxygens (including phenoxy) is 5. The van der Waals surface area contributed by atoms with Gasteiger partial charge in [0.25, 0.3) is 5.69 Å². The van der Waals surface area contributed by atoms with Crippen LogP contribution in [0.15, 0.2) is 58.7 Å². The number of aliphatic hydroxyl groups excluding tert-OH is 1. The fourth-order valence-electron chi connectivity index (χ4n) is 5.27. The van der Waals surface area contributed by atoms with Gasteiger partial charge in [-0.1, -0.05) is 12.1 Å². The van der Waals surface area contributed by atoms with Gasteiger partial charge in [-0.15, -0.1) is 0 Å². The van der Waals surface area contributed by atoms with Crippen LogP contribution < -0.4 is 19.5 Å². The number of benzene rings is 2. The lowest BCUT2D eigenvalue weighted by molar-refractivity contribution is -0.385. The zero-order chi connectivity index (χ0) is 37.0. The van der Waals surface area contributed by atoms with Gasteiger partial charge in [-0.2, -0.15) is 13.2 Å². The molecule has 16 heteroatoms. The Labute approximate surface area is 287 Å².